The minimum absolute atomic E-state index is 0.107. The molecule has 2 heterocycles. The van der Waals surface area contributed by atoms with E-state index in [4.69, 9.17) is 9.72 Å². The molecule has 3 aromatic rings. The molecule has 170 valence electrons. The first-order chi connectivity index (χ1) is 15.3. The molecule has 2 aromatic carbocycles. The quantitative estimate of drug-likeness (QED) is 0.554. The lowest BCUT2D eigenvalue weighted by atomic mass is 10.0. The number of nitrogens with one attached hydrogen (secondary N) is 2. The Labute approximate surface area is 194 Å². The number of H-pyrrole nitrogens is 1. The van der Waals surface area contributed by atoms with Gasteiger partial charge in [-0.2, -0.15) is 0 Å². The van der Waals surface area contributed by atoms with Crippen LogP contribution in [0.2, 0.25) is 0 Å². The van der Waals surface area contributed by atoms with Crippen LogP contribution in [0.25, 0.3) is 11.0 Å². The van der Waals surface area contributed by atoms with Crippen molar-refractivity contribution in [3.05, 3.63) is 53.1 Å². The molecular formula is C25H32N4O2S. The Hall–Kier alpha value is -2.51. The molecule has 0 unspecified atom stereocenters. The molecule has 2 atom stereocenters. The number of carbonyl (C=O) groups excluding carboxylic acids is 1. The summed E-state index contributed by atoms with van der Waals surface area (Å²) in [5.41, 5.74) is 5.55. The zero-order chi connectivity index (χ0) is 22.8. The number of methoxy groups -OCH3 is 1. The van der Waals surface area contributed by atoms with Gasteiger partial charge < -0.3 is 15.0 Å². The second-order valence-corrected chi connectivity index (χ2v) is 10.2. The molecule has 0 bridgehead atoms. The van der Waals surface area contributed by atoms with Crippen molar-refractivity contribution in [3.8, 4) is 5.75 Å². The molecule has 0 spiro atoms. The van der Waals surface area contributed by atoms with E-state index >= 15 is 0 Å². The summed E-state index contributed by atoms with van der Waals surface area (Å²) < 4.78 is 5.47. The normalized spacial score (nSPS) is 19.1. The Balaban J connectivity index is 1.54. The number of para-hydroxylation sites is 2. The number of rotatable bonds is 7. The van der Waals surface area contributed by atoms with E-state index in [1.165, 1.54) is 11.1 Å². The number of hydrogen-bond donors (Lipinski definition) is 2. The third-order valence-corrected chi connectivity index (χ3v) is 7.06. The topological polar surface area (TPSA) is 70.2 Å². The van der Waals surface area contributed by atoms with Gasteiger partial charge in [0.05, 0.1) is 24.2 Å². The van der Waals surface area contributed by atoms with Gasteiger partial charge in [-0.05, 0) is 69.0 Å². The molecule has 2 N–H and O–H groups in total. The summed E-state index contributed by atoms with van der Waals surface area (Å²) >= 11 is 1.74. The lowest BCUT2D eigenvalue weighted by Gasteiger charge is -2.25. The molecule has 1 saturated heterocycles. The smallest absolute Gasteiger partial charge is 0.237 e. The van der Waals surface area contributed by atoms with Crippen molar-refractivity contribution in [2.45, 2.75) is 63.2 Å². The van der Waals surface area contributed by atoms with Crippen LogP contribution in [0, 0.1) is 13.8 Å². The van der Waals surface area contributed by atoms with Crippen molar-refractivity contribution in [1.82, 2.24) is 20.2 Å². The maximum Gasteiger partial charge on any atom is 0.237 e. The maximum absolute atomic E-state index is 13.0. The van der Waals surface area contributed by atoms with Crippen molar-refractivity contribution in [1.29, 1.82) is 0 Å². The van der Waals surface area contributed by atoms with Crippen molar-refractivity contribution in [2.24, 2.45) is 0 Å². The fourth-order valence-corrected chi connectivity index (χ4v) is 5.56. The number of fused-ring (bicyclic) bond motifs is 1. The molecule has 6 nitrogen and oxygen atoms in total. The van der Waals surface area contributed by atoms with E-state index in [9.17, 15) is 4.79 Å². The van der Waals surface area contributed by atoms with Crippen LogP contribution < -0.4 is 10.1 Å². The Bertz CT molecular complexity index is 1080. The SMILES string of the molecule is COc1cc(C)c(CN2C[C@H](Sc3nc4ccccc4[nH]3)C[C@H]2C(=O)NC(C)C)cc1C. The van der Waals surface area contributed by atoms with Crippen LogP contribution in [0.3, 0.4) is 0 Å². The Morgan fingerprint density at radius 3 is 2.78 bits per heavy atom. The number of imidazole rings is 1. The van der Waals surface area contributed by atoms with Crippen molar-refractivity contribution in [3.63, 3.8) is 0 Å². The van der Waals surface area contributed by atoms with Gasteiger partial charge in [0.1, 0.15) is 5.75 Å². The van der Waals surface area contributed by atoms with E-state index in [-0.39, 0.29) is 23.2 Å². The second-order valence-electron chi connectivity index (χ2n) is 8.89. The molecule has 0 aliphatic carbocycles. The molecule has 32 heavy (non-hydrogen) atoms. The number of benzene rings is 2. The first-order valence-electron chi connectivity index (χ1n) is 11.1. The predicted molar refractivity (Wildman–Crippen MR) is 130 cm³/mol. The number of aromatic amines is 1. The van der Waals surface area contributed by atoms with Crippen LogP contribution in [-0.2, 0) is 11.3 Å². The highest BCUT2D eigenvalue weighted by Gasteiger charge is 2.38. The van der Waals surface area contributed by atoms with Gasteiger partial charge in [0, 0.05) is 24.4 Å². The average molecular weight is 453 g/mol. The van der Waals surface area contributed by atoms with Crippen LogP contribution >= 0.6 is 11.8 Å². The molecule has 0 saturated carbocycles. The summed E-state index contributed by atoms with van der Waals surface area (Å²) in [5.74, 6) is 1.01. The van der Waals surface area contributed by atoms with Gasteiger partial charge in [0.25, 0.3) is 0 Å². The summed E-state index contributed by atoms with van der Waals surface area (Å²) in [4.78, 5) is 23.5. The zero-order valence-electron chi connectivity index (χ0n) is 19.4. The molecule has 0 radical (unpaired) electrons. The summed E-state index contributed by atoms with van der Waals surface area (Å²) in [6.07, 6.45) is 0.800. The van der Waals surface area contributed by atoms with Gasteiger partial charge in [0.15, 0.2) is 5.16 Å². The van der Waals surface area contributed by atoms with E-state index in [1.54, 1.807) is 18.9 Å². The summed E-state index contributed by atoms with van der Waals surface area (Å²) in [6.45, 7) is 9.77. The van der Waals surface area contributed by atoms with E-state index < -0.39 is 0 Å². The number of thioether (sulfide) groups is 1. The Morgan fingerprint density at radius 2 is 2.06 bits per heavy atom. The first kappa shape index (κ1) is 22.7. The zero-order valence-corrected chi connectivity index (χ0v) is 20.3. The fourth-order valence-electron chi connectivity index (χ4n) is 4.38. The molecule has 4 rings (SSSR count). The van der Waals surface area contributed by atoms with E-state index in [2.05, 4.69) is 41.2 Å². The molecular weight excluding hydrogens is 420 g/mol. The summed E-state index contributed by atoms with van der Waals surface area (Å²) in [7, 11) is 1.70. The highest BCUT2D eigenvalue weighted by molar-refractivity contribution is 7.99. The maximum atomic E-state index is 13.0. The summed E-state index contributed by atoms with van der Waals surface area (Å²) in [5, 5.41) is 4.32. The van der Waals surface area contributed by atoms with Gasteiger partial charge in [-0.15, -0.1) is 0 Å². The molecule has 7 heteroatoms. The second kappa shape index (κ2) is 9.55. The number of nitrogens with zero attached hydrogens (tertiary/aromatic N) is 2. The highest BCUT2D eigenvalue weighted by atomic mass is 32.2. The number of aryl methyl sites for hydroxylation is 2. The van der Waals surface area contributed by atoms with Crippen molar-refractivity contribution >= 4 is 28.7 Å². The monoisotopic (exact) mass is 452 g/mol. The number of hydrogen-bond acceptors (Lipinski definition) is 5. The predicted octanol–water partition coefficient (Wildman–Crippen LogP) is 4.45. The number of aromatic nitrogens is 2. The van der Waals surface area contributed by atoms with Crippen LogP contribution in [0.15, 0.2) is 41.6 Å². The Kier molecular flexibility index (Phi) is 6.76. The number of amides is 1. The van der Waals surface area contributed by atoms with Gasteiger partial charge in [-0.3, -0.25) is 9.69 Å². The van der Waals surface area contributed by atoms with E-state index in [0.717, 1.165) is 47.0 Å². The minimum Gasteiger partial charge on any atom is -0.496 e. The van der Waals surface area contributed by atoms with Crippen LogP contribution in [0.1, 0.15) is 37.0 Å². The summed E-state index contributed by atoms with van der Waals surface area (Å²) in [6, 6.07) is 12.3. The Morgan fingerprint density at radius 1 is 1.28 bits per heavy atom. The average Bonchev–Trinajstić information content (AvgIpc) is 3.33. The van der Waals surface area contributed by atoms with Crippen molar-refractivity contribution < 1.29 is 9.53 Å². The number of carbonyl (C=O) groups is 1. The molecule has 1 aromatic heterocycles. The minimum atomic E-state index is -0.152. The highest BCUT2D eigenvalue weighted by Crippen LogP contribution is 2.34. The number of ether oxygens (including phenoxy) is 1. The van der Waals surface area contributed by atoms with Crippen LogP contribution in [0.4, 0.5) is 0 Å². The lowest BCUT2D eigenvalue weighted by Crippen LogP contribution is -2.45. The van der Waals surface area contributed by atoms with Gasteiger partial charge in [-0.1, -0.05) is 30.0 Å². The van der Waals surface area contributed by atoms with Crippen molar-refractivity contribution in [2.75, 3.05) is 13.7 Å². The fraction of sp³-hybridized carbons (Fsp3) is 0.440. The van der Waals surface area contributed by atoms with E-state index in [1.807, 2.05) is 38.1 Å². The third kappa shape index (κ3) is 4.94. The first-order valence-corrected chi connectivity index (χ1v) is 12.0. The number of likely N-dealkylation sites (tertiary alicyclic amines) is 1. The largest absolute Gasteiger partial charge is 0.496 e. The van der Waals surface area contributed by atoms with Gasteiger partial charge in [0.2, 0.25) is 5.91 Å². The van der Waals surface area contributed by atoms with E-state index in [0.29, 0.717) is 0 Å². The lowest BCUT2D eigenvalue weighted by molar-refractivity contribution is -0.126. The standard InChI is InChI=1S/C25H32N4O2S/c1-15(2)26-24(30)22-12-19(32-25-27-20-8-6-7-9-21(20)28-25)14-29(22)13-18-10-17(4)23(31-5)11-16(18)3/h6-11,15,19,22H,12-14H2,1-5H3,(H,26,30)(H,27,28)/t19-,22+/m1/s1. The van der Waals surface area contributed by atoms with Gasteiger partial charge >= 0.3 is 0 Å². The molecule has 1 aliphatic heterocycles. The molecule has 1 fully saturated rings. The van der Waals surface area contributed by atoms with Gasteiger partial charge in [-0.25, -0.2) is 4.98 Å². The van der Waals surface area contributed by atoms with Crippen LogP contribution in [0.5, 0.6) is 5.75 Å². The van der Waals surface area contributed by atoms with Crippen LogP contribution in [-0.4, -0.2) is 51.8 Å². The third-order valence-electron chi connectivity index (χ3n) is 5.97. The molecule has 1 amide bonds. The molecule has 1 aliphatic rings.